The molecule has 4 heteroatoms. The fourth-order valence-electron chi connectivity index (χ4n) is 1.35. The van der Waals surface area contributed by atoms with E-state index in [1.165, 1.54) is 11.8 Å². The van der Waals surface area contributed by atoms with Crippen LogP contribution >= 0.6 is 0 Å². The van der Waals surface area contributed by atoms with E-state index >= 15 is 0 Å². The molecule has 0 aromatic heterocycles. The van der Waals surface area contributed by atoms with E-state index in [2.05, 4.69) is 6.58 Å². The Morgan fingerprint density at radius 2 is 1.83 bits per heavy atom. The third kappa shape index (κ3) is 3.95. The van der Waals surface area contributed by atoms with Crippen LogP contribution in [0.2, 0.25) is 0 Å². The summed E-state index contributed by atoms with van der Waals surface area (Å²) >= 11 is 0. The first-order valence-corrected chi connectivity index (χ1v) is 5.60. The van der Waals surface area contributed by atoms with E-state index in [9.17, 15) is 13.2 Å². The maximum Gasteiger partial charge on any atom is 0.415 e. The topological polar surface area (TPSA) is 3.24 Å². The number of benzene rings is 1. The Morgan fingerprint density at radius 3 is 2.28 bits per heavy atom. The average Bonchev–Trinajstić information content (AvgIpc) is 2.34. The van der Waals surface area contributed by atoms with Gasteiger partial charge in [0.15, 0.2) is 0 Å². The molecule has 1 nitrogen and oxygen atoms in total. The van der Waals surface area contributed by atoms with Gasteiger partial charge in [0, 0.05) is 24.5 Å². The summed E-state index contributed by atoms with van der Waals surface area (Å²) in [5.74, 6) is 0. The van der Waals surface area contributed by atoms with E-state index in [0.29, 0.717) is 0 Å². The maximum atomic E-state index is 12.2. The first-order valence-electron chi connectivity index (χ1n) is 5.60. The number of hydrogen-bond donors (Lipinski definition) is 0. The predicted molar refractivity (Wildman–Crippen MR) is 68.6 cm³/mol. The van der Waals surface area contributed by atoms with Crippen molar-refractivity contribution in [2.24, 2.45) is 0 Å². The predicted octanol–water partition coefficient (Wildman–Crippen LogP) is 4.32. The molecule has 1 aromatic rings. The van der Waals surface area contributed by atoms with Crippen LogP contribution < -0.4 is 4.90 Å². The second kappa shape index (κ2) is 5.76. The van der Waals surface area contributed by atoms with Gasteiger partial charge in [0.25, 0.3) is 0 Å². The number of rotatable bonds is 4. The number of hydrogen-bond acceptors (Lipinski definition) is 1. The number of aryl methyl sites for hydroxylation is 1. The number of anilines is 1. The Kier molecular flexibility index (Phi) is 4.59. The molecule has 0 unspecified atom stereocenters. The second-order valence-corrected chi connectivity index (χ2v) is 3.97. The molecule has 0 aliphatic carbocycles. The molecule has 0 aliphatic rings. The fourth-order valence-corrected chi connectivity index (χ4v) is 1.35. The van der Waals surface area contributed by atoms with E-state index in [-0.39, 0.29) is 0 Å². The molecule has 0 aliphatic heterocycles. The maximum absolute atomic E-state index is 12.2. The number of nitrogens with zero attached hydrogens (tertiary/aromatic N) is 1. The van der Waals surface area contributed by atoms with E-state index in [1.54, 1.807) is 11.9 Å². The molecule has 0 fully saturated rings. The standard InChI is InChI=1S/C14H16F3N/c1-4-12-5-7-13(8-6-12)18(3)10-9-11(2)14(15,16)17/h5-10H,2,4H2,1,3H3/b10-9-. The highest BCUT2D eigenvalue weighted by Crippen LogP contribution is 2.25. The van der Waals surface area contributed by atoms with Crippen molar-refractivity contribution in [2.75, 3.05) is 11.9 Å². The third-order valence-corrected chi connectivity index (χ3v) is 2.62. The van der Waals surface area contributed by atoms with Gasteiger partial charge in [-0.15, -0.1) is 0 Å². The van der Waals surface area contributed by atoms with E-state index in [1.807, 2.05) is 31.2 Å². The Hall–Kier alpha value is -1.71. The lowest BCUT2D eigenvalue weighted by Crippen LogP contribution is -2.12. The zero-order valence-corrected chi connectivity index (χ0v) is 10.5. The molecule has 1 aromatic carbocycles. The molecule has 0 saturated carbocycles. The molecule has 0 bridgehead atoms. The summed E-state index contributed by atoms with van der Waals surface area (Å²) in [7, 11) is 1.70. The van der Waals surface area contributed by atoms with Crippen molar-refractivity contribution in [2.45, 2.75) is 19.5 Å². The summed E-state index contributed by atoms with van der Waals surface area (Å²) in [6, 6.07) is 7.66. The normalized spacial score (nSPS) is 11.8. The van der Waals surface area contributed by atoms with Gasteiger partial charge in [-0.25, -0.2) is 0 Å². The summed E-state index contributed by atoms with van der Waals surface area (Å²) in [6.45, 7) is 5.03. The zero-order chi connectivity index (χ0) is 13.8. The Bertz CT molecular complexity index is 429. The molecular formula is C14H16F3N. The first kappa shape index (κ1) is 14.4. The van der Waals surface area contributed by atoms with Crippen LogP contribution in [0.5, 0.6) is 0 Å². The highest BCUT2D eigenvalue weighted by atomic mass is 19.4. The van der Waals surface area contributed by atoms with Crippen LogP contribution in [0.1, 0.15) is 12.5 Å². The van der Waals surface area contributed by atoms with Crippen molar-refractivity contribution < 1.29 is 13.2 Å². The van der Waals surface area contributed by atoms with Gasteiger partial charge < -0.3 is 4.90 Å². The van der Waals surface area contributed by atoms with Gasteiger partial charge in [-0.1, -0.05) is 25.6 Å². The molecule has 0 radical (unpaired) electrons. The molecule has 0 heterocycles. The van der Waals surface area contributed by atoms with Crippen LogP contribution in [0, 0.1) is 0 Å². The number of allylic oxidation sites excluding steroid dienone is 2. The van der Waals surface area contributed by atoms with Crippen molar-refractivity contribution >= 4 is 5.69 Å². The SMILES string of the molecule is C=C(/C=C\N(C)c1ccc(CC)cc1)C(F)(F)F. The molecule has 0 saturated heterocycles. The summed E-state index contributed by atoms with van der Waals surface area (Å²) in [6.07, 6.45) is -1.11. The second-order valence-electron chi connectivity index (χ2n) is 3.97. The van der Waals surface area contributed by atoms with Gasteiger partial charge in [0.05, 0.1) is 0 Å². The van der Waals surface area contributed by atoms with Gasteiger partial charge in [-0.2, -0.15) is 13.2 Å². The minimum absolute atomic E-state index is 0.832. The first-order chi connectivity index (χ1) is 8.34. The monoisotopic (exact) mass is 255 g/mol. The summed E-state index contributed by atoms with van der Waals surface area (Å²) < 4.78 is 36.7. The van der Waals surface area contributed by atoms with Crippen molar-refractivity contribution in [3.8, 4) is 0 Å². The van der Waals surface area contributed by atoms with Gasteiger partial charge in [0.2, 0.25) is 0 Å². The minimum atomic E-state index is -4.37. The van der Waals surface area contributed by atoms with E-state index < -0.39 is 11.7 Å². The highest BCUT2D eigenvalue weighted by Gasteiger charge is 2.29. The summed E-state index contributed by atoms with van der Waals surface area (Å²) in [4.78, 5) is 1.62. The fraction of sp³-hybridized carbons (Fsp3) is 0.286. The van der Waals surface area contributed by atoms with Gasteiger partial charge in [-0.3, -0.25) is 0 Å². The summed E-state index contributed by atoms with van der Waals surface area (Å²) in [5, 5.41) is 0. The molecule has 1 rings (SSSR count). The van der Waals surface area contributed by atoms with E-state index in [4.69, 9.17) is 0 Å². The summed E-state index contributed by atoms with van der Waals surface area (Å²) in [5.41, 5.74) is 1.16. The minimum Gasteiger partial charge on any atom is -0.351 e. The molecule has 0 atom stereocenters. The lowest BCUT2D eigenvalue weighted by molar-refractivity contribution is -0.0878. The Labute approximate surface area is 105 Å². The molecular weight excluding hydrogens is 239 g/mol. The van der Waals surface area contributed by atoms with Crippen molar-refractivity contribution in [3.05, 3.63) is 54.3 Å². The van der Waals surface area contributed by atoms with Crippen molar-refractivity contribution in [3.63, 3.8) is 0 Å². The smallest absolute Gasteiger partial charge is 0.351 e. The highest BCUT2D eigenvalue weighted by molar-refractivity contribution is 5.50. The van der Waals surface area contributed by atoms with Crippen LogP contribution in [-0.2, 0) is 6.42 Å². The molecule has 98 valence electrons. The lowest BCUT2D eigenvalue weighted by Gasteiger charge is -2.15. The van der Waals surface area contributed by atoms with Crippen LogP contribution in [0.15, 0.2) is 48.7 Å². The number of halogens is 3. The Morgan fingerprint density at radius 1 is 1.28 bits per heavy atom. The zero-order valence-electron chi connectivity index (χ0n) is 10.5. The largest absolute Gasteiger partial charge is 0.415 e. The molecule has 0 spiro atoms. The van der Waals surface area contributed by atoms with Crippen LogP contribution in [0.25, 0.3) is 0 Å². The van der Waals surface area contributed by atoms with Gasteiger partial charge >= 0.3 is 6.18 Å². The van der Waals surface area contributed by atoms with E-state index in [0.717, 1.165) is 18.2 Å². The quantitative estimate of drug-likeness (QED) is 0.724. The molecule has 0 N–H and O–H groups in total. The van der Waals surface area contributed by atoms with Crippen LogP contribution in [-0.4, -0.2) is 13.2 Å². The lowest BCUT2D eigenvalue weighted by atomic mass is 10.1. The Balaban J connectivity index is 2.73. The van der Waals surface area contributed by atoms with Crippen molar-refractivity contribution in [1.82, 2.24) is 0 Å². The van der Waals surface area contributed by atoms with Gasteiger partial charge in [-0.05, 0) is 30.2 Å². The molecule has 0 amide bonds. The van der Waals surface area contributed by atoms with Gasteiger partial charge in [0.1, 0.15) is 0 Å². The number of alkyl halides is 3. The van der Waals surface area contributed by atoms with Crippen LogP contribution in [0.3, 0.4) is 0 Å². The van der Waals surface area contributed by atoms with Crippen molar-refractivity contribution in [1.29, 1.82) is 0 Å². The third-order valence-electron chi connectivity index (χ3n) is 2.62. The van der Waals surface area contributed by atoms with Crippen LogP contribution in [0.4, 0.5) is 18.9 Å². The molecule has 18 heavy (non-hydrogen) atoms. The average molecular weight is 255 g/mol.